The highest BCUT2D eigenvalue weighted by Gasteiger charge is 2.78. The Morgan fingerprint density at radius 1 is 1.02 bits per heavy atom. The van der Waals surface area contributed by atoms with Crippen LogP contribution in [0.2, 0.25) is 0 Å². The summed E-state index contributed by atoms with van der Waals surface area (Å²) in [5.41, 5.74) is -8.55. The van der Waals surface area contributed by atoms with Crippen molar-refractivity contribution in [2.75, 3.05) is 13.7 Å². The van der Waals surface area contributed by atoms with Gasteiger partial charge in [-0.3, -0.25) is 9.59 Å². The molecule has 0 spiro atoms. The number of aliphatic hydroxyl groups excluding tert-OH is 2. The molecule has 4 aliphatic rings. The highest BCUT2D eigenvalue weighted by Crippen LogP contribution is 2.64. The van der Waals surface area contributed by atoms with Gasteiger partial charge in [-0.15, -0.1) is 0 Å². The first-order valence-electron chi connectivity index (χ1n) is 19.8. The van der Waals surface area contributed by atoms with Crippen molar-refractivity contribution in [2.45, 2.75) is 128 Å². The fraction of sp³-hybridized carbons (Fsp3) is 0.581. The summed E-state index contributed by atoms with van der Waals surface area (Å²) in [6.45, 7) is 11.6. The SMILES string of the molecule is COC(=O)O[C@H]1C(=O)[C@@]2(C)C([C@H](OC(=O)c3ccccc3)[C@]3(O)C[C@H](OC(=O)[C@H](O)[C@@H](NC(=O)OC(C)(C)C)c4ccsc4)C(C)=C1C3(C)C)[C@]1(OC(C)=O)CO[C@@H]1C[C@@H]2O. The zero-order valence-corrected chi connectivity index (χ0v) is 36.2. The molecule has 332 valence electrons. The summed E-state index contributed by atoms with van der Waals surface area (Å²) in [6, 6.07) is 7.98. The van der Waals surface area contributed by atoms with Crippen LogP contribution in [0.5, 0.6) is 0 Å². The molecule has 2 aromatic rings. The molecule has 2 heterocycles. The number of ether oxygens (including phenoxy) is 7. The van der Waals surface area contributed by atoms with Crippen molar-refractivity contribution >= 4 is 47.3 Å². The van der Waals surface area contributed by atoms with E-state index >= 15 is 4.79 Å². The molecule has 11 atom stereocenters. The zero-order valence-electron chi connectivity index (χ0n) is 35.4. The average molecular weight is 872 g/mol. The number of carbonyl (C=O) groups is 6. The second kappa shape index (κ2) is 16.4. The summed E-state index contributed by atoms with van der Waals surface area (Å²) in [5.74, 6) is -5.55. The summed E-state index contributed by atoms with van der Waals surface area (Å²) < 4.78 is 40.3. The number of hydrogen-bond donors (Lipinski definition) is 4. The molecule has 1 aromatic carbocycles. The van der Waals surface area contributed by atoms with Gasteiger partial charge in [-0.25, -0.2) is 19.2 Å². The van der Waals surface area contributed by atoms with Gasteiger partial charge in [0, 0.05) is 25.2 Å². The summed E-state index contributed by atoms with van der Waals surface area (Å²) in [4.78, 5) is 82.9. The van der Waals surface area contributed by atoms with Crippen LogP contribution in [0.3, 0.4) is 0 Å². The topological polar surface area (TPSA) is 240 Å². The third kappa shape index (κ3) is 7.92. The number of benzene rings is 1. The first-order chi connectivity index (χ1) is 28.4. The number of hydrogen-bond acceptors (Lipinski definition) is 17. The van der Waals surface area contributed by atoms with Crippen LogP contribution in [0.25, 0.3) is 0 Å². The molecule has 18 heteroatoms. The average Bonchev–Trinajstić information content (AvgIpc) is 3.72. The van der Waals surface area contributed by atoms with Crippen LogP contribution in [0.1, 0.15) is 90.2 Å². The lowest BCUT2D eigenvalue weighted by molar-refractivity contribution is -0.346. The predicted octanol–water partition coefficient (Wildman–Crippen LogP) is 4.11. The third-order valence-electron chi connectivity index (χ3n) is 12.7. The number of esters is 3. The van der Waals surface area contributed by atoms with E-state index < -0.39 is 119 Å². The maximum atomic E-state index is 15.5. The Balaban J connectivity index is 1.54. The lowest BCUT2D eigenvalue weighted by Crippen LogP contribution is -2.82. The summed E-state index contributed by atoms with van der Waals surface area (Å²) >= 11 is 1.24. The van der Waals surface area contributed by atoms with Gasteiger partial charge < -0.3 is 53.8 Å². The van der Waals surface area contributed by atoms with Crippen molar-refractivity contribution in [1.29, 1.82) is 0 Å². The van der Waals surface area contributed by atoms with E-state index in [0.29, 0.717) is 5.56 Å². The molecule has 2 bridgehead atoms. The summed E-state index contributed by atoms with van der Waals surface area (Å²) in [5, 5.41) is 43.1. The standard InChI is InChI=1S/C43H53NO16S/c1-21-25(56-36(50)30(47)29(24-15-16-61-19-24)44-37(51)60-39(3,4)5)18-43(53)34(58-35(49)23-13-11-10-12-14-23)32-41(8,26(46)17-27-42(32,20-55-27)59-22(2)45)33(48)31(57-38(52)54-9)28(21)40(43,6)7/h10-16,19,25-27,29-32,34,46-47,53H,17-18,20H2,1-9H3,(H,44,51)/t25-,26-,27+,29-,30+,31+,32?,34-,41+,42-,43+/m0/s1. The molecule has 1 saturated heterocycles. The van der Waals surface area contributed by atoms with Crippen molar-refractivity contribution in [3.8, 4) is 0 Å². The zero-order chi connectivity index (χ0) is 45.0. The second-order valence-electron chi connectivity index (χ2n) is 17.8. The smallest absolute Gasteiger partial charge is 0.456 e. The maximum absolute atomic E-state index is 15.5. The van der Waals surface area contributed by atoms with Crippen LogP contribution in [0.15, 0.2) is 58.3 Å². The van der Waals surface area contributed by atoms with Gasteiger partial charge >= 0.3 is 30.2 Å². The first kappa shape index (κ1) is 45.6. The van der Waals surface area contributed by atoms with Gasteiger partial charge in [0.15, 0.2) is 23.6 Å². The van der Waals surface area contributed by atoms with Gasteiger partial charge in [-0.05, 0) is 80.3 Å². The van der Waals surface area contributed by atoms with E-state index in [4.69, 9.17) is 33.2 Å². The Kier molecular flexibility index (Phi) is 12.3. The van der Waals surface area contributed by atoms with Crippen molar-refractivity contribution in [2.24, 2.45) is 16.7 Å². The Bertz CT molecular complexity index is 2080. The largest absolute Gasteiger partial charge is 0.509 e. The minimum absolute atomic E-state index is 0.0519. The van der Waals surface area contributed by atoms with Crippen LogP contribution in [0.4, 0.5) is 9.59 Å². The number of methoxy groups -OCH3 is 1. The molecule has 3 fully saturated rings. The Morgan fingerprint density at radius 3 is 2.25 bits per heavy atom. The molecule has 17 nitrogen and oxygen atoms in total. The first-order valence-corrected chi connectivity index (χ1v) is 20.7. The number of carbonyl (C=O) groups excluding carboxylic acids is 6. The normalized spacial score (nSPS) is 32.5. The van der Waals surface area contributed by atoms with Crippen LogP contribution in [-0.2, 0) is 47.5 Å². The quantitative estimate of drug-likeness (QED) is 0.158. The van der Waals surface area contributed by atoms with E-state index in [1.807, 2.05) is 0 Å². The van der Waals surface area contributed by atoms with Crippen LogP contribution in [-0.4, -0.2) is 118 Å². The molecular weight excluding hydrogens is 819 g/mol. The van der Waals surface area contributed by atoms with Crippen LogP contribution >= 0.6 is 11.3 Å². The van der Waals surface area contributed by atoms with E-state index in [0.717, 1.165) is 14.0 Å². The number of thiophene rings is 1. The predicted molar refractivity (Wildman–Crippen MR) is 213 cm³/mol. The highest BCUT2D eigenvalue weighted by atomic mass is 32.1. The van der Waals surface area contributed by atoms with Crippen molar-refractivity contribution in [3.05, 3.63) is 69.4 Å². The Labute approximate surface area is 356 Å². The molecule has 1 amide bonds. The van der Waals surface area contributed by atoms with Gasteiger partial charge in [0.2, 0.25) is 0 Å². The third-order valence-corrected chi connectivity index (χ3v) is 13.4. The van der Waals surface area contributed by atoms with Crippen LogP contribution in [0, 0.1) is 16.7 Å². The summed E-state index contributed by atoms with van der Waals surface area (Å²) in [7, 11) is 1.02. The fourth-order valence-corrected chi connectivity index (χ4v) is 10.3. The number of fused-ring (bicyclic) bond motifs is 5. The van der Waals surface area contributed by atoms with Gasteiger partial charge in [-0.2, -0.15) is 11.3 Å². The van der Waals surface area contributed by atoms with Crippen molar-refractivity contribution in [3.63, 3.8) is 0 Å². The molecule has 2 saturated carbocycles. The van der Waals surface area contributed by atoms with Crippen LogP contribution < -0.4 is 5.32 Å². The number of alkyl carbamates (subject to hydrolysis) is 1. The number of ketones is 1. The maximum Gasteiger partial charge on any atom is 0.509 e. The molecule has 1 aromatic heterocycles. The van der Waals surface area contributed by atoms with Gasteiger partial charge in [0.25, 0.3) is 0 Å². The fourth-order valence-electron chi connectivity index (χ4n) is 9.57. The molecule has 3 aliphatic carbocycles. The Morgan fingerprint density at radius 2 is 1.69 bits per heavy atom. The second-order valence-corrected chi connectivity index (χ2v) is 18.5. The summed E-state index contributed by atoms with van der Waals surface area (Å²) in [6.07, 6.45) is -13.1. The van der Waals surface area contributed by atoms with Crippen molar-refractivity contribution in [1.82, 2.24) is 5.32 Å². The minimum atomic E-state index is -2.43. The monoisotopic (exact) mass is 871 g/mol. The number of Topliss-reactive ketones (excluding diaryl/α,β-unsaturated/α-hetero) is 1. The van der Waals surface area contributed by atoms with E-state index in [1.165, 1.54) is 51.2 Å². The lowest BCUT2D eigenvalue weighted by Gasteiger charge is -2.67. The molecule has 61 heavy (non-hydrogen) atoms. The van der Waals surface area contributed by atoms with Gasteiger partial charge in [0.1, 0.15) is 29.5 Å². The highest BCUT2D eigenvalue weighted by molar-refractivity contribution is 7.08. The van der Waals surface area contributed by atoms with E-state index in [-0.39, 0.29) is 29.7 Å². The van der Waals surface area contributed by atoms with E-state index in [2.05, 4.69) is 5.32 Å². The molecule has 1 aliphatic heterocycles. The van der Waals surface area contributed by atoms with E-state index in [9.17, 15) is 39.3 Å². The number of amides is 1. The Hall–Kier alpha value is -4.88. The lowest BCUT2D eigenvalue weighted by atomic mass is 9.44. The van der Waals surface area contributed by atoms with Gasteiger partial charge in [-0.1, -0.05) is 32.0 Å². The molecule has 4 N–H and O–H groups in total. The van der Waals surface area contributed by atoms with Gasteiger partial charge in [0.05, 0.1) is 42.8 Å². The number of rotatable bonds is 9. The molecular formula is C43H53NO16S. The molecule has 6 rings (SSSR count). The number of nitrogens with one attached hydrogen (secondary N) is 1. The molecule has 0 radical (unpaired) electrons. The van der Waals surface area contributed by atoms with Crippen molar-refractivity contribution < 1.29 is 77.2 Å². The molecule has 1 unspecified atom stereocenters. The van der Waals surface area contributed by atoms with E-state index in [1.54, 1.807) is 55.8 Å². The number of aliphatic hydroxyl groups is 3. The minimum Gasteiger partial charge on any atom is -0.456 e.